The fourth-order valence-corrected chi connectivity index (χ4v) is 3.88. The summed E-state index contributed by atoms with van der Waals surface area (Å²) in [5.41, 5.74) is 2.56. The average Bonchev–Trinajstić information content (AvgIpc) is 3.20. The molecule has 0 aliphatic carbocycles. The van der Waals surface area contributed by atoms with Gasteiger partial charge in [-0.25, -0.2) is 4.39 Å². The monoisotopic (exact) mass is 353 g/mol. The summed E-state index contributed by atoms with van der Waals surface area (Å²) in [6.45, 7) is 5.91. The van der Waals surface area contributed by atoms with Gasteiger partial charge in [0.1, 0.15) is 5.82 Å². The molecule has 2 aliphatic heterocycles. The van der Waals surface area contributed by atoms with Gasteiger partial charge in [0.05, 0.1) is 11.4 Å². The van der Waals surface area contributed by atoms with Gasteiger partial charge in [-0.1, -0.05) is 12.1 Å². The molecule has 0 bridgehead atoms. The highest BCUT2D eigenvalue weighted by molar-refractivity contribution is 6.08. The number of halogens is 1. The van der Waals surface area contributed by atoms with E-state index in [-0.39, 0.29) is 11.7 Å². The maximum atomic E-state index is 13.2. The molecule has 5 heteroatoms. The topological polar surface area (TPSA) is 26.8 Å². The Bertz CT molecular complexity index is 771. The van der Waals surface area contributed by atoms with Crippen molar-refractivity contribution in [2.24, 2.45) is 0 Å². The molecule has 1 fully saturated rings. The highest BCUT2D eigenvalue weighted by Gasteiger charge is 2.27. The third-order valence-corrected chi connectivity index (χ3v) is 5.33. The predicted molar refractivity (Wildman–Crippen MR) is 102 cm³/mol. The minimum Gasteiger partial charge on any atom is -0.367 e. The summed E-state index contributed by atoms with van der Waals surface area (Å²) < 4.78 is 13.2. The van der Waals surface area contributed by atoms with Crippen LogP contribution in [0.4, 0.5) is 15.8 Å². The first-order valence-corrected chi connectivity index (χ1v) is 9.36. The molecule has 0 atom stereocenters. The Hall–Kier alpha value is -2.40. The van der Waals surface area contributed by atoms with E-state index in [0.717, 1.165) is 31.0 Å². The van der Waals surface area contributed by atoms with Crippen molar-refractivity contribution >= 4 is 17.3 Å². The van der Waals surface area contributed by atoms with Crippen LogP contribution in [0.3, 0.4) is 0 Å². The van der Waals surface area contributed by atoms with Gasteiger partial charge in [-0.3, -0.25) is 4.79 Å². The second kappa shape index (κ2) is 7.46. The Kier molecular flexibility index (Phi) is 4.89. The number of likely N-dealkylation sites (tertiary alicyclic amines) is 1. The lowest BCUT2D eigenvalue weighted by Crippen LogP contribution is -2.46. The number of anilines is 2. The molecule has 0 unspecified atom stereocenters. The number of para-hydroxylation sites is 2. The molecule has 26 heavy (non-hydrogen) atoms. The van der Waals surface area contributed by atoms with Crippen molar-refractivity contribution in [2.75, 3.05) is 49.1 Å². The van der Waals surface area contributed by atoms with Gasteiger partial charge in [-0.2, -0.15) is 0 Å². The van der Waals surface area contributed by atoms with Crippen LogP contribution < -0.4 is 9.80 Å². The second-order valence-corrected chi connectivity index (χ2v) is 6.99. The Morgan fingerprint density at radius 2 is 1.54 bits per heavy atom. The Morgan fingerprint density at radius 1 is 0.846 bits per heavy atom. The number of fused-ring (bicyclic) bond motifs is 1. The van der Waals surface area contributed by atoms with Gasteiger partial charge in [0.2, 0.25) is 0 Å². The number of hydrogen-bond donors (Lipinski definition) is 0. The number of amides is 1. The van der Waals surface area contributed by atoms with Gasteiger partial charge in [-0.15, -0.1) is 0 Å². The van der Waals surface area contributed by atoms with Crippen LogP contribution in [-0.2, 0) is 0 Å². The molecule has 2 aromatic rings. The lowest BCUT2D eigenvalue weighted by atomic mass is 10.1. The summed E-state index contributed by atoms with van der Waals surface area (Å²) in [5, 5.41) is 0. The molecule has 0 aromatic heterocycles. The summed E-state index contributed by atoms with van der Waals surface area (Å²) >= 11 is 0. The molecule has 4 nitrogen and oxygen atoms in total. The van der Waals surface area contributed by atoms with Gasteiger partial charge in [0, 0.05) is 31.7 Å². The first-order chi connectivity index (χ1) is 12.7. The third-order valence-electron chi connectivity index (χ3n) is 5.33. The average molecular weight is 353 g/mol. The van der Waals surface area contributed by atoms with E-state index < -0.39 is 0 Å². The van der Waals surface area contributed by atoms with Crippen LogP contribution in [-0.4, -0.2) is 50.1 Å². The molecule has 2 aliphatic rings. The van der Waals surface area contributed by atoms with Crippen molar-refractivity contribution in [3.8, 4) is 0 Å². The second-order valence-electron chi connectivity index (χ2n) is 6.99. The van der Waals surface area contributed by atoms with E-state index in [1.54, 1.807) is 12.1 Å². The summed E-state index contributed by atoms with van der Waals surface area (Å²) in [5.74, 6) is -0.398. The van der Waals surface area contributed by atoms with E-state index in [1.165, 1.54) is 38.1 Å². The van der Waals surface area contributed by atoms with Crippen LogP contribution in [0.2, 0.25) is 0 Å². The third kappa shape index (κ3) is 3.44. The quantitative estimate of drug-likeness (QED) is 0.843. The minimum absolute atomic E-state index is 0.0726. The van der Waals surface area contributed by atoms with Crippen LogP contribution in [0.5, 0.6) is 0 Å². The first kappa shape index (κ1) is 17.0. The van der Waals surface area contributed by atoms with Gasteiger partial charge in [0.15, 0.2) is 0 Å². The van der Waals surface area contributed by atoms with Crippen molar-refractivity contribution in [3.63, 3.8) is 0 Å². The molecule has 0 N–H and O–H groups in total. The number of carbonyl (C=O) groups is 1. The van der Waals surface area contributed by atoms with Gasteiger partial charge >= 0.3 is 0 Å². The van der Waals surface area contributed by atoms with E-state index in [2.05, 4.69) is 15.9 Å². The Balaban J connectivity index is 1.53. The predicted octanol–water partition coefficient (Wildman–Crippen LogP) is 3.39. The summed E-state index contributed by atoms with van der Waals surface area (Å²) in [7, 11) is 0. The van der Waals surface area contributed by atoms with Crippen LogP contribution in [0.1, 0.15) is 23.2 Å². The van der Waals surface area contributed by atoms with Crippen LogP contribution in [0.15, 0.2) is 48.5 Å². The van der Waals surface area contributed by atoms with Crippen LogP contribution >= 0.6 is 0 Å². The SMILES string of the molecule is O=C(c1ccc(F)cc1)N1CCN(CCN2CCCC2)c2ccccc21. The molecule has 0 saturated carbocycles. The standard InChI is InChI=1S/C21H24FN3O/c22-18-9-7-17(8-10-18)21(26)25-16-15-24(14-13-23-11-3-4-12-23)19-5-1-2-6-20(19)25/h1-2,5-10H,3-4,11-16H2. The molecule has 1 saturated heterocycles. The highest BCUT2D eigenvalue weighted by Crippen LogP contribution is 2.33. The zero-order valence-corrected chi connectivity index (χ0v) is 14.9. The highest BCUT2D eigenvalue weighted by atomic mass is 19.1. The molecule has 2 aromatic carbocycles. The lowest BCUT2D eigenvalue weighted by Gasteiger charge is -2.38. The summed E-state index contributed by atoms with van der Waals surface area (Å²) in [4.78, 5) is 19.6. The summed E-state index contributed by atoms with van der Waals surface area (Å²) in [6, 6.07) is 13.9. The largest absolute Gasteiger partial charge is 0.367 e. The van der Waals surface area contributed by atoms with Crippen LogP contribution in [0.25, 0.3) is 0 Å². The van der Waals surface area contributed by atoms with E-state index in [9.17, 15) is 9.18 Å². The number of nitrogens with zero attached hydrogens (tertiary/aromatic N) is 3. The minimum atomic E-state index is -0.325. The maximum absolute atomic E-state index is 13.2. The fraction of sp³-hybridized carbons (Fsp3) is 0.381. The van der Waals surface area contributed by atoms with Gasteiger partial charge in [-0.05, 0) is 62.3 Å². The zero-order chi connectivity index (χ0) is 17.9. The molecular weight excluding hydrogens is 329 g/mol. The Labute approximate surface area is 153 Å². The van der Waals surface area contributed by atoms with Crippen molar-refractivity contribution in [3.05, 3.63) is 59.9 Å². The van der Waals surface area contributed by atoms with Gasteiger partial charge < -0.3 is 14.7 Å². The summed E-state index contributed by atoms with van der Waals surface area (Å²) in [6.07, 6.45) is 2.60. The van der Waals surface area contributed by atoms with Gasteiger partial charge in [0.25, 0.3) is 5.91 Å². The normalized spacial score (nSPS) is 17.4. The zero-order valence-electron chi connectivity index (χ0n) is 14.9. The smallest absolute Gasteiger partial charge is 0.258 e. The number of hydrogen-bond acceptors (Lipinski definition) is 3. The fourth-order valence-electron chi connectivity index (χ4n) is 3.88. The first-order valence-electron chi connectivity index (χ1n) is 9.36. The van der Waals surface area contributed by atoms with E-state index in [1.807, 2.05) is 23.1 Å². The van der Waals surface area contributed by atoms with Crippen molar-refractivity contribution < 1.29 is 9.18 Å². The van der Waals surface area contributed by atoms with E-state index >= 15 is 0 Å². The lowest BCUT2D eigenvalue weighted by molar-refractivity contribution is 0.0986. The number of rotatable bonds is 4. The number of carbonyl (C=O) groups excluding carboxylic acids is 1. The number of benzene rings is 2. The molecule has 136 valence electrons. The van der Waals surface area contributed by atoms with Crippen molar-refractivity contribution in [2.45, 2.75) is 12.8 Å². The maximum Gasteiger partial charge on any atom is 0.258 e. The molecule has 1 amide bonds. The molecule has 4 rings (SSSR count). The van der Waals surface area contributed by atoms with Crippen molar-refractivity contribution in [1.82, 2.24) is 4.90 Å². The molecule has 2 heterocycles. The Morgan fingerprint density at radius 3 is 2.27 bits per heavy atom. The van der Waals surface area contributed by atoms with E-state index in [4.69, 9.17) is 0 Å². The molecule has 0 radical (unpaired) electrons. The van der Waals surface area contributed by atoms with Crippen LogP contribution in [0, 0.1) is 5.82 Å². The van der Waals surface area contributed by atoms with E-state index in [0.29, 0.717) is 12.1 Å². The van der Waals surface area contributed by atoms with Crippen molar-refractivity contribution in [1.29, 1.82) is 0 Å². The molecular formula is C21H24FN3O. The molecule has 0 spiro atoms.